The zero-order valence-corrected chi connectivity index (χ0v) is 18.1. The van der Waals surface area contributed by atoms with Gasteiger partial charge in [0.05, 0.1) is 11.1 Å². The summed E-state index contributed by atoms with van der Waals surface area (Å²) in [7, 11) is 0. The quantitative estimate of drug-likeness (QED) is 0.391. The Kier molecular flexibility index (Phi) is 6.60. The highest BCUT2D eigenvalue weighted by atomic mass is 19.4. The van der Waals surface area contributed by atoms with E-state index < -0.39 is 86.1 Å². The average Bonchev–Trinajstić information content (AvgIpc) is 2.59. The van der Waals surface area contributed by atoms with Crippen molar-refractivity contribution in [3.05, 3.63) is 56.6 Å². The van der Waals surface area contributed by atoms with Crippen molar-refractivity contribution in [1.82, 2.24) is 0 Å². The maximum atomic E-state index is 14.4. The van der Waals surface area contributed by atoms with Crippen LogP contribution in [0.1, 0.15) is 44.5 Å². The van der Waals surface area contributed by atoms with Crippen molar-refractivity contribution in [3.8, 4) is 11.5 Å². The van der Waals surface area contributed by atoms with Crippen LogP contribution in [0.5, 0.6) is 11.5 Å². The third-order valence-corrected chi connectivity index (χ3v) is 5.71. The molecule has 35 heavy (non-hydrogen) atoms. The second kappa shape index (κ2) is 8.12. The van der Waals surface area contributed by atoms with Crippen molar-refractivity contribution in [2.24, 2.45) is 0 Å². The van der Waals surface area contributed by atoms with E-state index in [1.165, 1.54) is 0 Å². The highest BCUT2D eigenvalue weighted by Crippen LogP contribution is 2.61. The Labute approximate surface area is 189 Å². The summed E-state index contributed by atoms with van der Waals surface area (Å²) in [5.41, 5.74) is -18.0. The van der Waals surface area contributed by atoms with Crippen LogP contribution in [0.4, 0.5) is 52.7 Å². The number of phenolic OH excluding ortho intramolecular Hbond substituents is 2. The maximum Gasteiger partial charge on any atom is 0.417 e. The van der Waals surface area contributed by atoms with Gasteiger partial charge in [-0.05, 0) is 38.8 Å². The summed E-state index contributed by atoms with van der Waals surface area (Å²) in [4.78, 5) is 0. The molecule has 2 nitrogen and oxygen atoms in total. The van der Waals surface area contributed by atoms with Crippen LogP contribution in [0, 0.1) is 27.7 Å². The fourth-order valence-electron chi connectivity index (χ4n) is 4.31. The van der Waals surface area contributed by atoms with Gasteiger partial charge in [-0.3, -0.25) is 0 Å². The van der Waals surface area contributed by atoms with Gasteiger partial charge in [0.25, 0.3) is 0 Å². The topological polar surface area (TPSA) is 40.5 Å². The lowest BCUT2D eigenvalue weighted by atomic mass is 9.69. The van der Waals surface area contributed by atoms with Crippen LogP contribution in [-0.2, 0) is 17.8 Å². The number of aromatic hydroxyl groups is 2. The largest absolute Gasteiger partial charge is 0.507 e. The smallest absolute Gasteiger partial charge is 0.417 e. The summed E-state index contributed by atoms with van der Waals surface area (Å²) >= 11 is 0. The molecule has 0 amide bonds. The molecule has 2 aromatic rings. The van der Waals surface area contributed by atoms with E-state index in [-0.39, 0.29) is 12.1 Å². The number of alkyl halides is 12. The molecule has 0 unspecified atom stereocenters. The SMILES string of the molecule is Cc1cc(C(c2cc(C)c(C(F)(F)F)c(C)c2O)(C(F)(F)F)C(F)(F)F)c(O)c(C)c1C(F)(F)F. The lowest BCUT2D eigenvalue weighted by molar-refractivity contribution is -0.289. The van der Waals surface area contributed by atoms with Crippen LogP contribution in [0.25, 0.3) is 0 Å². The van der Waals surface area contributed by atoms with Gasteiger partial charge in [-0.15, -0.1) is 0 Å². The summed E-state index contributed by atoms with van der Waals surface area (Å²) in [6, 6.07) is -0.373. The molecule has 0 saturated heterocycles. The van der Waals surface area contributed by atoms with E-state index in [9.17, 15) is 62.9 Å². The molecule has 2 N–H and O–H groups in total. The minimum Gasteiger partial charge on any atom is -0.507 e. The summed E-state index contributed by atoms with van der Waals surface area (Å²) in [6.45, 7) is 1.99. The van der Waals surface area contributed by atoms with Crippen LogP contribution >= 0.6 is 0 Å². The van der Waals surface area contributed by atoms with Crippen molar-refractivity contribution >= 4 is 0 Å². The molecule has 0 radical (unpaired) electrons. The van der Waals surface area contributed by atoms with E-state index in [0.717, 1.165) is 0 Å². The zero-order chi connectivity index (χ0) is 27.7. The molecule has 0 heterocycles. The molecule has 0 aliphatic heterocycles. The Morgan fingerprint density at radius 3 is 0.971 bits per heavy atom. The first kappa shape index (κ1) is 28.4. The summed E-state index contributed by atoms with van der Waals surface area (Å²) < 4.78 is 166. The van der Waals surface area contributed by atoms with Crippen LogP contribution in [0.15, 0.2) is 12.1 Å². The Bertz CT molecular complexity index is 1060. The molecule has 2 aromatic carbocycles. The first-order valence-electron chi connectivity index (χ1n) is 9.37. The van der Waals surface area contributed by atoms with Crippen molar-refractivity contribution in [2.45, 2.75) is 57.8 Å². The number of hydrogen-bond donors (Lipinski definition) is 2. The van der Waals surface area contributed by atoms with Crippen LogP contribution < -0.4 is 0 Å². The standard InChI is InChI=1S/C21H16F12O2/c1-7-5-11(15(34)9(3)13(7)18(22,23)24)17(20(28,29)30,21(31,32)33)12-6-8(2)14(19(25,26)27)10(4)16(12)35/h5-6,34-35H,1-4H3. The Balaban J connectivity index is 3.26. The molecule has 0 spiro atoms. The average molecular weight is 528 g/mol. The maximum absolute atomic E-state index is 14.4. The highest BCUT2D eigenvalue weighted by Gasteiger charge is 2.74. The fraction of sp³-hybridized carbons (Fsp3) is 0.429. The molecule has 14 heteroatoms. The second-order valence-electron chi connectivity index (χ2n) is 7.92. The predicted molar refractivity (Wildman–Crippen MR) is 98.1 cm³/mol. The second-order valence-corrected chi connectivity index (χ2v) is 7.92. The van der Waals surface area contributed by atoms with E-state index in [1.807, 2.05) is 0 Å². The van der Waals surface area contributed by atoms with Crippen LogP contribution in [-0.4, -0.2) is 22.6 Å². The molecular formula is C21H16F12O2. The molecule has 0 fully saturated rings. The van der Waals surface area contributed by atoms with Crippen molar-refractivity contribution in [2.75, 3.05) is 0 Å². The molecule has 0 aliphatic carbocycles. The fourth-order valence-corrected chi connectivity index (χ4v) is 4.31. The number of halogens is 12. The van der Waals surface area contributed by atoms with E-state index >= 15 is 0 Å². The normalized spacial score (nSPS) is 13.9. The summed E-state index contributed by atoms with van der Waals surface area (Å²) in [5.74, 6) is -4.07. The minimum absolute atomic E-state index is 0.187. The summed E-state index contributed by atoms with van der Waals surface area (Å²) in [5, 5.41) is 20.5. The van der Waals surface area contributed by atoms with E-state index in [1.54, 1.807) is 0 Å². The third-order valence-electron chi connectivity index (χ3n) is 5.71. The van der Waals surface area contributed by atoms with Gasteiger partial charge >= 0.3 is 24.7 Å². The predicted octanol–water partition coefficient (Wildman–Crippen LogP) is 7.78. The highest BCUT2D eigenvalue weighted by molar-refractivity contribution is 5.63. The molecular weight excluding hydrogens is 512 g/mol. The Morgan fingerprint density at radius 2 is 0.771 bits per heavy atom. The van der Waals surface area contributed by atoms with Gasteiger partial charge in [0, 0.05) is 22.3 Å². The van der Waals surface area contributed by atoms with E-state index in [2.05, 4.69) is 0 Å². The van der Waals surface area contributed by atoms with Crippen molar-refractivity contribution < 1.29 is 62.9 Å². The third kappa shape index (κ3) is 4.24. The van der Waals surface area contributed by atoms with Crippen molar-refractivity contribution in [1.29, 1.82) is 0 Å². The van der Waals surface area contributed by atoms with Crippen molar-refractivity contribution in [3.63, 3.8) is 0 Å². The molecule has 0 atom stereocenters. The molecule has 0 aliphatic rings. The first-order chi connectivity index (χ1) is 15.4. The lowest BCUT2D eigenvalue weighted by Gasteiger charge is -2.40. The van der Waals surface area contributed by atoms with Gasteiger partial charge in [-0.2, -0.15) is 52.7 Å². The van der Waals surface area contributed by atoms with Gasteiger partial charge in [0.2, 0.25) is 5.41 Å². The zero-order valence-electron chi connectivity index (χ0n) is 18.1. The first-order valence-corrected chi connectivity index (χ1v) is 9.37. The molecule has 196 valence electrons. The summed E-state index contributed by atoms with van der Waals surface area (Å²) in [6.07, 6.45) is -23.5. The minimum atomic E-state index is -6.50. The number of hydrogen-bond acceptors (Lipinski definition) is 2. The molecule has 0 bridgehead atoms. The van der Waals surface area contributed by atoms with Gasteiger partial charge < -0.3 is 10.2 Å². The van der Waals surface area contributed by atoms with Gasteiger partial charge in [-0.25, -0.2) is 0 Å². The lowest BCUT2D eigenvalue weighted by Crippen LogP contribution is -2.55. The monoisotopic (exact) mass is 528 g/mol. The molecule has 0 aromatic heterocycles. The van der Waals surface area contributed by atoms with E-state index in [4.69, 9.17) is 0 Å². The Morgan fingerprint density at radius 1 is 0.514 bits per heavy atom. The number of rotatable bonds is 2. The molecule has 0 saturated carbocycles. The number of aryl methyl sites for hydroxylation is 2. The van der Waals surface area contributed by atoms with Crippen LogP contribution in [0.3, 0.4) is 0 Å². The van der Waals surface area contributed by atoms with Gasteiger partial charge in [-0.1, -0.05) is 12.1 Å². The number of benzene rings is 2. The van der Waals surface area contributed by atoms with Gasteiger partial charge in [0.1, 0.15) is 11.5 Å². The Hall–Kier alpha value is -2.80. The van der Waals surface area contributed by atoms with Gasteiger partial charge in [0.15, 0.2) is 0 Å². The van der Waals surface area contributed by atoms with Crippen LogP contribution in [0.2, 0.25) is 0 Å². The van der Waals surface area contributed by atoms with E-state index in [0.29, 0.717) is 27.7 Å². The molecule has 2 rings (SSSR count). The number of phenols is 2.